The van der Waals surface area contributed by atoms with Crippen molar-refractivity contribution in [2.75, 3.05) is 35.7 Å². The number of methoxy groups -OCH3 is 1. The number of nitrogens with one attached hydrogen (secondary N) is 2. The van der Waals surface area contributed by atoms with Crippen LogP contribution in [0.2, 0.25) is 0 Å². The minimum Gasteiger partial charge on any atom is -0.497 e. The molecule has 1 saturated heterocycles. The van der Waals surface area contributed by atoms with Crippen molar-refractivity contribution in [3.8, 4) is 5.75 Å². The van der Waals surface area contributed by atoms with Crippen LogP contribution in [0, 0.1) is 6.92 Å². The van der Waals surface area contributed by atoms with E-state index >= 15 is 0 Å². The summed E-state index contributed by atoms with van der Waals surface area (Å²) in [7, 11) is 1.61. The number of carbonyl (C=O) groups excluding carboxylic acids is 1. The summed E-state index contributed by atoms with van der Waals surface area (Å²) in [4.78, 5) is 22.9. The number of urea groups is 1. The van der Waals surface area contributed by atoms with Crippen LogP contribution in [-0.2, 0) is 0 Å². The quantitative estimate of drug-likeness (QED) is 0.902. The van der Waals surface area contributed by atoms with E-state index in [9.17, 15) is 4.79 Å². The Balaban J connectivity index is 1.60. The highest BCUT2D eigenvalue weighted by Gasteiger charge is 2.14. The van der Waals surface area contributed by atoms with Gasteiger partial charge in [-0.3, -0.25) is 0 Å². The molecule has 126 valence electrons. The summed E-state index contributed by atoms with van der Waals surface area (Å²) < 4.78 is 5.16. The third-order valence-corrected chi connectivity index (χ3v) is 3.97. The molecule has 0 saturated carbocycles. The van der Waals surface area contributed by atoms with Crippen molar-refractivity contribution in [2.24, 2.45) is 0 Å². The van der Waals surface area contributed by atoms with Crippen LogP contribution in [0.25, 0.3) is 0 Å². The topological polar surface area (TPSA) is 79.4 Å². The van der Waals surface area contributed by atoms with E-state index in [1.165, 1.54) is 12.8 Å². The summed E-state index contributed by atoms with van der Waals surface area (Å²) in [5.41, 5.74) is 2.20. The number of ether oxygens (including phenoxy) is 1. The van der Waals surface area contributed by atoms with Crippen molar-refractivity contribution in [1.82, 2.24) is 9.97 Å². The third-order valence-electron chi connectivity index (χ3n) is 3.97. The monoisotopic (exact) mass is 327 g/mol. The van der Waals surface area contributed by atoms with Gasteiger partial charge in [-0.2, -0.15) is 0 Å². The Morgan fingerprint density at radius 2 is 1.88 bits per heavy atom. The fraction of sp³-hybridized carbons (Fsp3) is 0.353. The molecule has 24 heavy (non-hydrogen) atoms. The molecule has 1 aromatic carbocycles. The predicted molar refractivity (Wildman–Crippen MR) is 93.9 cm³/mol. The molecule has 1 aromatic heterocycles. The molecule has 2 N–H and O–H groups in total. The van der Waals surface area contributed by atoms with Gasteiger partial charge in [-0.25, -0.2) is 14.8 Å². The molecule has 0 unspecified atom stereocenters. The van der Waals surface area contributed by atoms with Crippen LogP contribution in [0.5, 0.6) is 5.75 Å². The first kappa shape index (κ1) is 16.0. The molecule has 0 bridgehead atoms. The van der Waals surface area contributed by atoms with Gasteiger partial charge >= 0.3 is 6.03 Å². The smallest absolute Gasteiger partial charge is 0.323 e. The summed E-state index contributed by atoms with van der Waals surface area (Å²) >= 11 is 0. The van der Waals surface area contributed by atoms with Gasteiger partial charge in [-0.15, -0.1) is 0 Å². The largest absolute Gasteiger partial charge is 0.497 e. The fourth-order valence-electron chi connectivity index (χ4n) is 2.65. The zero-order valence-electron chi connectivity index (χ0n) is 13.9. The van der Waals surface area contributed by atoms with Crippen LogP contribution >= 0.6 is 0 Å². The third kappa shape index (κ3) is 3.73. The minimum atomic E-state index is -0.333. The molecule has 7 heteroatoms. The van der Waals surface area contributed by atoms with Crippen LogP contribution in [-0.4, -0.2) is 36.2 Å². The molecular formula is C17H21N5O2. The van der Waals surface area contributed by atoms with E-state index in [1.807, 2.05) is 13.0 Å². The van der Waals surface area contributed by atoms with Crippen LogP contribution < -0.4 is 20.3 Å². The Morgan fingerprint density at radius 3 is 2.50 bits per heavy atom. The highest BCUT2D eigenvalue weighted by Crippen LogP contribution is 2.21. The number of benzene rings is 1. The van der Waals surface area contributed by atoms with Gasteiger partial charge in [0.15, 0.2) is 0 Å². The van der Waals surface area contributed by atoms with Crippen molar-refractivity contribution in [2.45, 2.75) is 19.8 Å². The second-order valence-electron chi connectivity index (χ2n) is 5.73. The first-order chi connectivity index (χ1) is 11.7. The Bertz CT molecular complexity index is 711. The van der Waals surface area contributed by atoms with E-state index in [1.54, 1.807) is 31.6 Å². The number of hydrogen-bond acceptors (Lipinski definition) is 5. The predicted octanol–water partition coefficient (Wildman–Crippen LogP) is 3.04. The number of amides is 2. The number of aryl methyl sites for hydroxylation is 1. The highest BCUT2D eigenvalue weighted by atomic mass is 16.5. The Labute approximate surface area is 141 Å². The van der Waals surface area contributed by atoms with Gasteiger partial charge in [0.05, 0.1) is 25.2 Å². The van der Waals surface area contributed by atoms with E-state index in [-0.39, 0.29) is 6.03 Å². The molecule has 2 aromatic rings. The van der Waals surface area contributed by atoms with Gasteiger partial charge in [0, 0.05) is 18.8 Å². The lowest BCUT2D eigenvalue weighted by Crippen LogP contribution is -2.22. The van der Waals surface area contributed by atoms with Crippen molar-refractivity contribution < 1.29 is 9.53 Å². The number of rotatable bonds is 4. The summed E-state index contributed by atoms with van der Waals surface area (Å²) in [6, 6.07) is 5.14. The first-order valence-electron chi connectivity index (χ1n) is 7.95. The lowest BCUT2D eigenvalue weighted by atomic mass is 10.2. The molecule has 1 fully saturated rings. The summed E-state index contributed by atoms with van der Waals surface area (Å²) in [6.07, 6.45) is 5.60. The molecular weight excluding hydrogens is 306 g/mol. The molecule has 0 aliphatic carbocycles. The molecule has 2 amide bonds. The molecule has 1 aliphatic rings. The van der Waals surface area contributed by atoms with Crippen LogP contribution in [0.3, 0.4) is 0 Å². The average Bonchev–Trinajstić information content (AvgIpc) is 3.12. The van der Waals surface area contributed by atoms with Gasteiger partial charge in [0.25, 0.3) is 0 Å². The van der Waals surface area contributed by atoms with Crippen LogP contribution in [0.15, 0.2) is 30.6 Å². The number of carbonyl (C=O) groups is 1. The van der Waals surface area contributed by atoms with Gasteiger partial charge in [-0.1, -0.05) is 0 Å². The molecule has 3 rings (SSSR count). The van der Waals surface area contributed by atoms with E-state index in [4.69, 9.17) is 4.74 Å². The van der Waals surface area contributed by atoms with Gasteiger partial charge in [-0.05, 0) is 43.5 Å². The maximum absolute atomic E-state index is 12.1. The zero-order valence-corrected chi connectivity index (χ0v) is 13.9. The first-order valence-corrected chi connectivity index (χ1v) is 7.95. The highest BCUT2D eigenvalue weighted by molar-refractivity contribution is 6.00. The van der Waals surface area contributed by atoms with E-state index in [2.05, 4.69) is 25.5 Å². The molecule has 0 atom stereocenters. The fourth-order valence-corrected chi connectivity index (χ4v) is 2.65. The second-order valence-corrected chi connectivity index (χ2v) is 5.73. The Morgan fingerprint density at radius 1 is 1.17 bits per heavy atom. The van der Waals surface area contributed by atoms with E-state index < -0.39 is 0 Å². The maximum atomic E-state index is 12.1. The van der Waals surface area contributed by atoms with Gasteiger partial charge in [0.1, 0.15) is 5.75 Å². The lowest BCUT2D eigenvalue weighted by molar-refractivity contribution is 0.262. The zero-order chi connectivity index (χ0) is 16.9. The van der Waals surface area contributed by atoms with Gasteiger partial charge in [0.2, 0.25) is 5.95 Å². The van der Waals surface area contributed by atoms with Crippen molar-refractivity contribution >= 4 is 23.4 Å². The summed E-state index contributed by atoms with van der Waals surface area (Å²) in [5.74, 6) is 1.47. The molecule has 1 aliphatic heterocycles. The molecule has 0 spiro atoms. The Kier molecular flexibility index (Phi) is 4.79. The van der Waals surface area contributed by atoms with Crippen molar-refractivity contribution in [1.29, 1.82) is 0 Å². The minimum absolute atomic E-state index is 0.333. The van der Waals surface area contributed by atoms with Crippen LogP contribution in [0.4, 0.5) is 22.1 Å². The van der Waals surface area contributed by atoms with E-state index in [0.717, 1.165) is 30.1 Å². The lowest BCUT2D eigenvalue weighted by Gasteiger charge is -2.15. The number of nitrogens with zero attached hydrogens (tertiary/aromatic N) is 3. The Hall–Kier alpha value is -2.83. The molecule has 2 heterocycles. The van der Waals surface area contributed by atoms with Crippen molar-refractivity contribution in [3.05, 3.63) is 36.2 Å². The SMILES string of the molecule is COc1ccc(NC(=O)Nc2cnc(N3CCCC3)nc2)c(C)c1. The van der Waals surface area contributed by atoms with Crippen LogP contribution in [0.1, 0.15) is 18.4 Å². The number of hydrogen-bond donors (Lipinski definition) is 2. The van der Waals surface area contributed by atoms with E-state index in [0.29, 0.717) is 11.6 Å². The van der Waals surface area contributed by atoms with Crippen molar-refractivity contribution in [3.63, 3.8) is 0 Å². The standard InChI is InChI=1S/C17H21N5O2/c1-12-9-14(24-2)5-6-15(12)21-17(23)20-13-10-18-16(19-11-13)22-7-3-4-8-22/h5-6,9-11H,3-4,7-8H2,1-2H3,(H2,20,21,23). The second kappa shape index (κ2) is 7.16. The molecule has 7 nitrogen and oxygen atoms in total. The normalized spacial score (nSPS) is 13.7. The average molecular weight is 327 g/mol. The number of aromatic nitrogens is 2. The summed E-state index contributed by atoms with van der Waals surface area (Å²) in [5, 5.41) is 5.55. The summed E-state index contributed by atoms with van der Waals surface area (Å²) in [6.45, 7) is 3.89. The maximum Gasteiger partial charge on any atom is 0.323 e. The number of anilines is 3. The van der Waals surface area contributed by atoms with Gasteiger partial charge < -0.3 is 20.3 Å². The molecule has 0 radical (unpaired) electrons.